The quantitative estimate of drug-likeness (QED) is 0.692. The zero-order chi connectivity index (χ0) is 9.26. The molecule has 2 heterocycles. The molecule has 2 atom stereocenters. The second-order valence-corrected chi connectivity index (χ2v) is 5.79. The van der Waals surface area contributed by atoms with Gasteiger partial charge in [0.2, 0.25) is 0 Å². The highest BCUT2D eigenvalue weighted by Crippen LogP contribution is 2.31. The van der Waals surface area contributed by atoms with E-state index in [0.29, 0.717) is 6.04 Å². The van der Waals surface area contributed by atoms with E-state index in [-0.39, 0.29) is 0 Å². The fourth-order valence-corrected chi connectivity index (χ4v) is 3.73. The Labute approximate surface area is 85.2 Å². The summed E-state index contributed by atoms with van der Waals surface area (Å²) < 4.78 is 0. The molecule has 0 aromatic rings. The number of nitrogens with zero attached hydrogens (tertiary/aromatic N) is 1. The van der Waals surface area contributed by atoms with Crippen LogP contribution < -0.4 is 5.73 Å². The lowest BCUT2D eigenvalue weighted by molar-refractivity contribution is 0.153. The zero-order valence-electron chi connectivity index (χ0n) is 8.41. The molecule has 2 aliphatic rings. The molecule has 0 amide bonds. The van der Waals surface area contributed by atoms with Crippen LogP contribution >= 0.6 is 11.8 Å². The molecule has 2 rings (SSSR count). The van der Waals surface area contributed by atoms with Crippen molar-refractivity contribution in [2.45, 2.75) is 43.5 Å². The third-order valence-electron chi connectivity index (χ3n) is 3.38. The van der Waals surface area contributed by atoms with Crippen LogP contribution in [0.3, 0.4) is 0 Å². The van der Waals surface area contributed by atoms with Gasteiger partial charge in [0, 0.05) is 17.3 Å². The van der Waals surface area contributed by atoms with Crippen molar-refractivity contribution >= 4 is 11.8 Å². The minimum atomic E-state index is 0.473. The maximum Gasteiger partial charge on any atom is 0.0219 e. The SMILES string of the molecule is CC1SCCC1N1CCC(N)CC1. The van der Waals surface area contributed by atoms with E-state index in [4.69, 9.17) is 5.73 Å². The molecule has 0 aromatic carbocycles. The van der Waals surface area contributed by atoms with Gasteiger partial charge in [-0.15, -0.1) is 0 Å². The maximum absolute atomic E-state index is 5.90. The number of piperidine rings is 1. The Hall–Kier alpha value is 0.270. The lowest BCUT2D eigenvalue weighted by Gasteiger charge is -2.36. The topological polar surface area (TPSA) is 29.3 Å². The molecule has 0 bridgehead atoms. The van der Waals surface area contributed by atoms with Crippen LogP contribution in [-0.4, -0.2) is 41.1 Å². The van der Waals surface area contributed by atoms with Gasteiger partial charge in [0.15, 0.2) is 0 Å². The van der Waals surface area contributed by atoms with Crippen LogP contribution in [0.5, 0.6) is 0 Å². The third-order valence-corrected chi connectivity index (χ3v) is 4.69. The van der Waals surface area contributed by atoms with Crippen molar-refractivity contribution in [2.75, 3.05) is 18.8 Å². The summed E-state index contributed by atoms with van der Waals surface area (Å²) in [7, 11) is 0. The Balaban J connectivity index is 1.86. The summed E-state index contributed by atoms with van der Waals surface area (Å²) >= 11 is 2.13. The van der Waals surface area contributed by atoms with Crippen molar-refractivity contribution in [2.24, 2.45) is 5.73 Å². The van der Waals surface area contributed by atoms with Crippen molar-refractivity contribution < 1.29 is 0 Å². The molecule has 2 N–H and O–H groups in total. The molecule has 2 fully saturated rings. The Morgan fingerprint density at radius 2 is 1.92 bits per heavy atom. The van der Waals surface area contributed by atoms with Crippen LogP contribution in [-0.2, 0) is 0 Å². The van der Waals surface area contributed by atoms with E-state index in [1.807, 2.05) is 0 Å². The number of nitrogens with two attached hydrogens (primary N) is 1. The van der Waals surface area contributed by atoms with Crippen molar-refractivity contribution in [1.29, 1.82) is 0 Å². The average molecular weight is 200 g/mol. The van der Waals surface area contributed by atoms with Gasteiger partial charge in [0.05, 0.1) is 0 Å². The molecular weight excluding hydrogens is 180 g/mol. The van der Waals surface area contributed by atoms with Gasteiger partial charge in [-0.05, 0) is 38.1 Å². The molecule has 0 aliphatic carbocycles. The second-order valence-electron chi connectivity index (χ2n) is 4.31. The number of hydrogen-bond acceptors (Lipinski definition) is 3. The molecule has 2 nitrogen and oxygen atoms in total. The number of thioether (sulfide) groups is 1. The minimum absolute atomic E-state index is 0.473. The first-order valence-electron chi connectivity index (χ1n) is 5.38. The predicted molar refractivity (Wildman–Crippen MR) is 59.1 cm³/mol. The van der Waals surface area contributed by atoms with Crippen molar-refractivity contribution in [3.05, 3.63) is 0 Å². The van der Waals surface area contributed by atoms with Crippen LogP contribution in [0.25, 0.3) is 0 Å². The molecule has 2 saturated heterocycles. The van der Waals surface area contributed by atoms with Gasteiger partial charge in [0.1, 0.15) is 0 Å². The first kappa shape index (κ1) is 9.81. The summed E-state index contributed by atoms with van der Waals surface area (Å²) in [5.41, 5.74) is 5.90. The fraction of sp³-hybridized carbons (Fsp3) is 1.00. The molecule has 3 heteroatoms. The van der Waals surface area contributed by atoms with Gasteiger partial charge >= 0.3 is 0 Å². The Morgan fingerprint density at radius 1 is 1.23 bits per heavy atom. The minimum Gasteiger partial charge on any atom is -0.328 e. The van der Waals surface area contributed by atoms with Crippen LogP contribution in [0, 0.1) is 0 Å². The number of likely N-dealkylation sites (tertiary alicyclic amines) is 1. The van der Waals surface area contributed by atoms with Crippen molar-refractivity contribution in [3.63, 3.8) is 0 Å². The summed E-state index contributed by atoms with van der Waals surface area (Å²) in [6, 6.07) is 1.32. The summed E-state index contributed by atoms with van der Waals surface area (Å²) in [5, 5.41) is 0.842. The fourth-order valence-electron chi connectivity index (χ4n) is 2.45. The highest BCUT2D eigenvalue weighted by molar-refractivity contribution is 8.00. The highest BCUT2D eigenvalue weighted by Gasteiger charge is 2.31. The zero-order valence-corrected chi connectivity index (χ0v) is 9.22. The van der Waals surface area contributed by atoms with Gasteiger partial charge in [-0.3, -0.25) is 4.90 Å². The molecule has 2 unspecified atom stereocenters. The van der Waals surface area contributed by atoms with Crippen LogP contribution in [0.2, 0.25) is 0 Å². The van der Waals surface area contributed by atoms with E-state index in [0.717, 1.165) is 11.3 Å². The molecular formula is C10H20N2S. The maximum atomic E-state index is 5.90. The molecule has 0 aromatic heterocycles. The van der Waals surface area contributed by atoms with Gasteiger partial charge in [0.25, 0.3) is 0 Å². The van der Waals surface area contributed by atoms with Gasteiger partial charge in [-0.1, -0.05) is 6.92 Å². The summed E-state index contributed by atoms with van der Waals surface area (Å²) in [6.07, 6.45) is 3.79. The first-order chi connectivity index (χ1) is 6.27. The number of rotatable bonds is 1. The molecule has 76 valence electrons. The molecule has 0 radical (unpaired) electrons. The molecule has 2 aliphatic heterocycles. The predicted octanol–water partition coefficient (Wildman–Crippen LogP) is 1.30. The monoisotopic (exact) mass is 200 g/mol. The number of hydrogen-bond donors (Lipinski definition) is 1. The van der Waals surface area contributed by atoms with Crippen LogP contribution in [0.1, 0.15) is 26.2 Å². The molecule has 0 saturated carbocycles. The largest absolute Gasteiger partial charge is 0.328 e. The average Bonchev–Trinajstić information content (AvgIpc) is 2.53. The van der Waals surface area contributed by atoms with Crippen molar-refractivity contribution in [1.82, 2.24) is 4.90 Å². The Kier molecular flexibility index (Phi) is 3.17. The summed E-state index contributed by atoms with van der Waals surface area (Å²) in [5.74, 6) is 1.36. The second kappa shape index (κ2) is 4.20. The van der Waals surface area contributed by atoms with E-state index in [2.05, 4.69) is 23.6 Å². The van der Waals surface area contributed by atoms with Gasteiger partial charge < -0.3 is 5.73 Å². The lowest BCUT2D eigenvalue weighted by atomic mass is 10.0. The third kappa shape index (κ3) is 2.20. The Bertz CT molecular complexity index is 166. The van der Waals surface area contributed by atoms with Gasteiger partial charge in [-0.2, -0.15) is 11.8 Å². The van der Waals surface area contributed by atoms with Crippen LogP contribution in [0.15, 0.2) is 0 Å². The Morgan fingerprint density at radius 3 is 2.46 bits per heavy atom. The van der Waals surface area contributed by atoms with Gasteiger partial charge in [-0.25, -0.2) is 0 Å². The van der Waals surface area contributed by atoms with E-state index < -0.39 is 0 Å². The molecule has 0 spiro atoms. The first-order valence-corrected chi connectivity index (χ1v) is 6.43. The highest BCUT2D eigenvalue weighted by atomic mass is 32.2. The van der Waals surface area contributed by atoms with Crippen LogP contribution in [0.4, 0.5) is 0 Å². The molecule has 13 heavy (non-hydrogen) atoms. The lowest BCUT2D eigenvalue weighted by Crippen LogP contribution is -2.46. The standard InChI is InChI=1S/C10H20N2S/c1-8-10(4-7-13-8)12-5-2-9(11)3-6-12/h8-10H,2-7,11H2,1H3. The summed E-state index contributed by atoms with van der Waals surface area (Å²) in [4.78, 5) is 2.66. The van der Waals surface area contributed by atoms with E-state index in [9.17, 15) is 0 Å². The summed E-state index contributed by atoms with van der Waals surface area (Å²) in [6.45, 7) is 4.84. The van der Waals surface area contributed by atoms with E-state index in [1.165, 1.54) is 38.1 Å². The smallest absolute Gasteiger partial charge is 0.0219 e. The van der Waals surface area contributed by atoms with E-state index >= 15 is 0 Å². The normalized spacial score (nSPS) is 38.3. The van der Waals surface area contributed by atoms with E-state index in [1.54, 1.807) is 0 Å². The van der Waals surface area contributed by atoms with Crippen molar-refractivity contribution in [3.8, 4) is 0 Å².